The highest BCUT2D eigenvalue weighted by atomic mass is 16.3. The Morgan fingerprint density at radius 2 is 1.42 bits per heavy atom. The molecule has 5 rings (SSSR count). The first-order chi connectivity index (χ1) is 11.7. The minimum absolute atomic E-state index is 0.0774. The van der Waals surface area contributed by atoms with Gasteiger partial charge in [0, 0.05) is 19.5 Å². The second-order valence-electron chi connectivity index (χ2n) is 6.43. The lowest BCUT2D eigenvalue weighted by Crippen LogP contribution is -2.30. The second kappa shape index (κ2) is 4.78. The van der Waals surface area contributed by atoms with Crippen molar-refractivity contribution < 1.29 is 4.42 Å². The monoisotopic (exact) mass is 314 g/mol. The summed E-state index contributed by atoms with van der Waals surface area (Å²) in [5, 5.41) is 3.67. The van der Waals surface area contributed by atoms with Gasteiger partial charge < -0.3 is 14.2 Å². The van der Waals surface area contributed by atoms with Gasteiger partial charge >= 0.3 is 0 Å². The summed E-state index contributed by atoms with van der Waals surface area (Å²) < 4.78 is 6.25. The van der Waals surface area contributed by atoms with Crippen LogP contribution >= 0.6 is 0 Å². The Bertz CT molecular complexity index is 1040. The molecular weight excluding hydrogens is 296 g/mol. The number of rotatable bonds is 1. The number of hydrogen-bond acceptors (Lipinski definition) is 3. The Kier molecular flexibility index (Phi) is 2.69. The highest BCUT2D eigenvalue weighted by molar-refractivity contribution is 6.06. The summed E-state index contributed by atoms with van der Waals surface area (Å²) in [4.78, 5) is 4.55. The highest BCUT2D eigenvalue weighted by Gasteiger charge is 2.34. The van der Waals surface area contributed by atoms with Crippen LogP contribution in [0.25, 0.3) is 21.7 Å². The van der Waals surface area contributed by atoms with Crippen molar-refractivity contribution in [3.8, 4) is 0 Å². The van der Waals surface area contributed by atoms with Crippen LogP contribution in [0, 0.1) is 0 Å². The lowest BCUT2D eigenvalue weighted by Gasteiger charge is -2.25. The molecule has 0 saturated carbocycles. The predicted molar refractivity (Wildman–Crippen MR) is 99.7 cm³/mol. The Morgan fingerprint density at radius 1 is 0.750 bits per heavy atom. The summed E-state index contributed by atoms with van der Waals surface area (Å²) in [6.45, 7) is 0. The zero-order valence-corrected chi connectivity index (χ0v) is 13.7. The van der Waals surface area contributed by atoms with E-state index in [-0.39, 0.29) is 6.17 Å². The summed E-state index contributed by atoms with van der Waals surface area (Å²) in [6, 6.07) is 23.3. The van der Waals surface area contributed by atoms with Crippen LogP contribution in [-0.2, 0) is 0 Å². The number of furan rings is 1. The summed E-state index contributed by atoms with van der Waals surface area (Å²) in [5.41, 5.74) is 3.41. The molecule has 0 radical (unpaired) electrons. The molecule has 2 heterocycles. The fourth-order valence-corrected chi connectivity index (χ4v) is 3.91. The van der Waals surface area contributed by atoms with Crippen molar-refractivity contribution in [1.82, 2.24) is 0 Å². The maximum Gasteiger partial charge on any atom is 0.161 e. The Balaban J connectivity index is 1.69. The van der Waals surface area contributed by atoms with E-state index in [2.05, 4.69) is 90.6 Å². The molecular formula is C21H18N2O. The number of fused-ring (bicyclic) bond motifs is 4. The van der Waals surface area contributed by atoms with Crippen LogP contribution in [0.2, 0.25) is 0 Å². The molecule has 1 aliphatic heterocycles. The van der Waals surface area contributed by atoms with Gasteiger partial charge in [-0.05, 0) is 35.0 Å². The fourth-order valence-electron chi connectivity index (χ4n) is 3.91. The quantitative estimate of drug-likeness (QED) is 0.483. The van der Waals surface area contributed by atoms with Gasteiger partial charge in [0.05, 0.1) is 11.4 Å². The number of anilines is 2. The van der Waals surface area contributed by atoms with E-state index in [1.165, 1.54) is 27.5 Å². The Labute approximate surface area is 140 Å². The van der Waals surface area contributed by atoms with Gasteiger partial charge in [-0.25, -0.2) is 0 Å². The van der Waals surface area contributed by atoms with Gasteiger partial charge in [0.15, 0.2) is 6.17 Å². The van der Waals surface area contributed by atoms with E-state index in [1.54, 1.807) is 0 Å². The van der Waals surface area contributed by atoms with E-state index < -0.39 is 0 Å². The molecule has 0 aliphatic carbocycles. The smallest absolute Gasteiger partial charge is 0.161 e. The first-order valence-corrected chi connectivity index (χ1v) is 8.20. The summed E-state index contributed by atoms with van der Waals surface area (Å²) in [7, 11) is 4.25. The van der Waals surface area contributed by atoms with E-state index >= 15 is 0 Å². The van der Waals surface area contributed by atoms with E-state index in [0.717, 1.165) is 11.3 Å². The molecule has 3 aromatic carbocycles. The van der Waals surface area contributed by atoms with Crippen molar-refractivity contribution in [2.75, 3.05) is 23.9 Å². The van der Waals surface area contributed by atoms with Gasteiger partial charge in [0.2, 0.25) is 0 Å². The molecule has 0 unspecified atom stereocenters. The topological polar surface area (TPSA) is 19.6 Å². The number of para-hydroxylation sites is 2. The molecule has 24 heavy (non-hydrogen) atoms. The molecule has 0 atom stereocenters. The Hall–Kier alpha value is -2.94. The molecule has 4 aromatic rings. The van der Waals surface area contributed by atoms with E-state index in [1.807, 2.05) is 0 Å². The van der Waals surface area contributed by atoms with E-state index in [9.17, 15) is 0 Å². The van der Waals surface area contributed by atoms with Crippen molar-refractivity contribution >= 4 is 33.1 Å². The van der Waals surface area contributed by atoms with Crippen molar-refractivity contribution in [2.45, 2.75) is 6.17 Å². The zero-order chi connectivity index (χ0) is 16.3. The van der Waals surface area contributed by atoms with Crippen LogP contribution in [0.3, 0.4) is 0 Å². The maximum absolute atomic E-state index is 6.25. The van der Waals surface area contributed by atoms with Crippen LogP contribution in [-0.4, -0.2) is 14.1 Å². The average molecular weight is 314 g/mol. The van der Waals surface area contributed by atoms with Crippen LogP contribution in [0.5, 0.6) is 0 Å². The van der Waals surface area contributed by atoms with Gasteiger partial charge in [-0.15, -0.1) is 0 Å². The van der Waals surface area contributed by atoms with Crippen molar-refractivity contribution in [3.05, 3.63) is 72.5 Å². The lowest BCUT2D eigenvalue weighted by atomic mass is 10.1. The van der Waals surface area contributed by atoms with Gasteiger partial charge in [0.25, 0.3) is 0 Å². The normalized spacial score (nSPS) is 14.8. The third kappa shape index (κ3) is 1.72. The zero-order valence-electron chi connectivity index (χ0n) is 13.7. The van der Waals surface area contributed by atoms with E-state index in [4.69, 9.17) is 4.42 Å². The van der Waals surface area contributed by atoms with E-state index in [0.29, 0.717) is 0 Å². The molecule has 0 bridgehead atoms. The molecule has 118 valence electrons. The summed E-state index contributed by atoms with van der Waals surface area (Å²) >= 11 is 0. The molecule has 3 heteroatoms. The third-order valence-corrected chi connectivity index (χ3v) is 5.07. The predicted octanol–water partition coefficient (Wildman–Crippen LogP) is 5.17. The van der Waals surface area contributed by atoms with Gasteiger partial charge in [-0.3, -0.25) is 0 Å². The molecule has 0 amide bonds. The minimum atomic E-state index is 0.0774. The van der Waals surface area contributed by atoms with Crippen LogP contribution in [0.4, 0.5) is 11.4 Å². The van der Waals surface area contributed by atoms with Gasteiger partial charge in [-0.2, -0.15) is 0 Å². The maximum atomic E-state index is 6.25. The SMILES string of the molecule is CN1c2ccccc2N(C)C1c1cc2c(ccc3ccccc32)o1. The molecule has 0 saturated heterocycles. The molecule has 0 fully saturated rings. The first-order valence-electron chi connectivity index (χ1n) is 8.20. The summed E-state index contributed by atoms with van der Waals surface area (Å²) in [6.07, 6.45) is 0.0774. The number of nitrogens with zero attached hydrogens (tertiary/aromatic N) is 2. The van der Waals surface area contributed by atoms with Crippen LogP contribution in [0.1, 0.15) is 11.9 Å². The average Bonchev–Trinajstić information content (AvgIpc) is 3.15. The largest absolute Gasteiger partial charge is 0.457 e. The lowest BCUT2D eigenvalue weighted by molar-refractivity contribution is 0.490. The first kappa shape index (κ1) is 13.5. The third-order valence-electron chi connectivity index (χ3n) is 5.07. The molecule has 1 aliphatic rings. The number of hydrogen-bond donors (Lipinski definition) is 0. The van der Waals surface area contributed by atoms with Crippen molar-refractivity contribution in [2.24, 2.45) is 0 Å². The van der Waals surface area contributed by atoms with Crippen LogP contribution < -0.4 is 9.80 Å². The van der Waals surface area contributed by atoms with Crippen molar-refractivity contribution in [1.29, 1.82) is 0 Å². The van der Waals surface area contributed by atoms with Crippen LogP contribution in [0.15, 0.2) is 71.1 Å². The molecule has 0 N–H and O–H groups in total. The van der Waals surface area contributed by atoms with Gasteiger partial charge in [-0.1, -0.05) is 42.5 Å². The second-order valence-corrected chi connectivity index (χ2v) is 6.43. The summed E-state index contributed by atoms with van der Waals surface area (Å²) in [5.74, 6) is 0.975. The standard InChI is InChI=1S/C21H18N2O/c1-22-17-9-5-6-10-18(17)23(2)21(22)20-13-16-15-8-4-3-7-14(15)11-12-19(16)24-20/h3-13,21H,1-2H3. The molecule has 0 spiro atoms. The Morgan fingerprint density at radius 3 is 2.17 bits per heavy atom. The highest BCUT2D eigenvalue weighted by Crippen LogP contribution is 2.45. The fraction of sp³-hybridized carbons (Fsp3) is 0.143. The minimum Gasteiger partial charge on any atom is -0.457 e. The molecule has 3 nitrogen and oxygen atoms in total. The number of benzene rings is 3. The van der Waals surface area contributed by atoms with Gasteiger partial charge in [0.1, 0.15) is 11.3 Å². The van der Waals surface area contributed by atoms with Crippen molar-refractivity contribution in [3.63, 3.8) is 0 Å². The molecule has 1 aromatic heterocycles.